The van der Waals surface area contributed by atoms with Gasteiger partial charge in [-0.1, -0.05) is 45.0 Å². The van der Waals surface area contributed by atoms with E-state index in [1.165, 1.54) is 24.2 Å². The number of rotatable bonds is 8. The molecule has 1 aromatic carbocycles. The Labute approximate surface area is 126 Å². The van der Waals surface area contributed by atoms with E-state index in [2.05, 4.69) is 44.0 Å². The molecule has 0 saturated heterocycles. The molecule has 0 radical (unpaired) electrons. The number of hydrogen-bond donors (Lipinski definition) is 1. The van der Waals surface area contributed by atoms with Crippen molar-refractivity contribution in [2.75, 3.05) is 24.2 Å². The third kappa shape index (κ3) is 4.69. The Morgan fingerprint density at radius 3 is 2.63 bits per heavy atom. The highest BCUT2D eigenvalue weighted by atomic mass is 32.2. The Kier molecular flexibility index (Phi) is 7.24. The first-order chi connectivity index (χ1) is 9.11. The van der Waals surface area contributed by atoms with Crippen LogP contribution in [-0.2, 0) is 0 Å². The monoisotopic (exact) mass is 296 g/mol. The number of benzene rings is 1. The van der Waals surface area contributed by atoms with Crippen molar-refractivity contribution < 1.29 is 0 Å². The molecular weight excluding hydrogens is 272 g/mol. The molecule has 1 rings (SSSR count). The van der Waals surface area contributed by atoms with Crippen molar-refractivity contribution in [1.82, 2.24) is 0 Å². The van der Waals surface area contributed by atoms with Crippen LogP contribution in [0.15, 0.2) is 23.1 Å². The lowest BCUT2D eigenvalue weighted by Crippen LogP contribution is -2.23. The molecule has 0 saturated carbocycles. The zero-order valence-electron chi connectivity index (χ0n) is 12.1. The molecule has 0 aliphatic heterocycles. The van der Waals surface area contributed by atoms with Gasteiger partial charge in [-0.25, -0.2) is 0 Å². The van der Waals surface area contributed by atoms with Crippen LogP contribution >= 0.6 is 24.0 Å². The number of thioether (sulfide) groups is 1. The average molecular weight is 297 g/mol. The van der Waals surface area contributed by atoms with Crippen molar-refractivity contribution in [3.63, 3.8) is 0 Å². The van der Waals surface area contributed by atoms with Gasteiger partial charge in [0.15, 0.2) is 0 Å². The van der Waals surface area contributed by atoms with Crippen molar-refractivity contribution in [2.45, 2.75) is 38.0 Å². The normalized spacial score (nSPS) is 10.5. The van der Waals surface area contributed by atoms with Gasteiger partial charge in [0.05, 0.1) is 0 Å². The van der Waals surface area contributed by atoms with Crippen molar-refractivity contribution in [2.24, 2.45) is 5.73 Å². The summed E-state index contributed by atoms with van der Waals surface area (Å²) in [5.41, 5.74) is 8.12. The van der Waals surface area contributed by atoms with Gasteiger partial charge in [0.1, 0.15) is 4.99 Å². The zero-order valence-corrected chi connectivity index (χ0v) is 13.7. The molecule has 4 heteroatoms. The molecule has 0 bridgehead atoms. The minimum Gasteiger partial charge on any atom is -0.389 e. The second-order valence-electron chi connectivity index (χ2n) is 4.58. The minimum atomic E-state index is 0.494. The molecule has 2 N–H and O–H groups in total. The number of anilines is 1. The fourth-order valence-electron chi connectivity index (χ4n) is 2.08. The summed E-state index contributed by atoms with van der Waals surface area (Å²) in [6.07, 6.45) is 3.70. The molecule has 0 spiro atoms. The van der Waals surface area contributed by atoms with Crippen LogP contribution in [-0.4, -0.2) is 24.3 Å². The van der Waals surface area contributed by atoms with Crippen molar-refractivity contribution in [3.8, 4) is 0 Å². The quantitative estimate of drug-likeness (QED) is 0.445. The zero-order chi connectivity index (χ0) is 14.3. The number of nitrogens with zero attached hydrogens (tertiary/aromatic N) is 1. The molecule has 0 aliphatic rings. The van der Waals surface area contributed by atoms with E-state index >= 15 is 0 Å². The molecule has 0 amide bonds. The summed E-state index contributed by atoms with van der Waals surface area (Å²) in [5.74, 6) is 1.03. The van der Waals surface area contributed by atoms with Crippen molar-refractivity contribution >= 4 is 34.7 Å². The van der Waals surface area contributed by atoms with E-state index < -0.39 is 0 Å². The largest absolute Gasteiger partial charge is 0.389 e. The van der Waals surface area contributed by atoms with Gasteiger partial charge in [-0.05, 0) is 24.3 Å². The van der Waals surface area contributed by atoms with Crippen LogP contribution in [0.4, 0.5) is 5.69 Å². The molecule has 0 aliphatic carbocycles. The van der Waals surface area contributed by atoms with E-state index in [0.29, 0.717) is 4.99 Å². The van der Waals surface area contributed by atoms with Gasteiger partial charge < -0.3 is 10.6 Å². The van der Waals surface area contributed by atoms with Gasteiger partial charge >= 0.3 is 0 Å². The summed E-state index contributed by atoms with van der Waals surface area (Å²) in [7, 11) is 2.12. The Morgan fingerprint density at radius 1 is 1.32 bits per heavy atom. The van der Waals surface area contributed by atoms with Crippen LogP contribution in [0, 0.1) is 0 Å². The molecule has 0 atom stereocenters. The molecule has 106 valence electrons. The highest BCUT2D eigenvalue weighted by Gasteiger charge is 2.14. The first-order valence-corrected chi connectivity index (χ1v) is 8.27. The second-order valence-corrected chi connectivity index (χ2v) is 6.32. The lowest BCUT2D eigenvalue weighted by molar-refractivity contribution is 0.704. The van der Waals surface area contributed by atoms with E-state index in [1.54, 1.807) is 11.8 Å². The maximum atomic E-state index is 5.93. The number of thiocarbonyl (C=S) groups is 1. The maximum Gasteiger partial charge on any atom is 0.107 e. The lowest BCUT2D eigenvalue weighted by Gasteiger charge is -2.23. The predicted molar refractivity (Wildman–Crippen MR) is 91.5 cm³/mol. The summed E-state index contributed by atoms with van der Waals surface area (Å²) in [5, 5.41) is 0. The van der Waals surface area contributed by atoms with E-state index in [-0.39, 0.29) is 0 Å². The number of unbranched alkanes of at least 4 members (excludes halogenated alkanes) is 2. The number of hydrogen-bond acceptors (Lipinski definition) is 3. The standard InChI is InChI=1S/C15H24N2S2/c1-4-6-7-11-17(3)12-9-8-10-13(19-5-2)14(12)15(16)18/h8-10H,4-7,11H2,1-3H3,(H2,16,18). The fourth-order valence-corrected chi connectivity index (χ4v) is 3.20. The molecule has 0 heterocycles. The van der Waals surface area contributed by atoms with Crippen molar-refractivity contribution in [3.05, 3.63) is 23.8 Å². The second kappa shape index (κ2) is 8.43. The van der Waals surface area contributed by atoms with Gasteiger partial charge in [0.25, 0.3) is 0 Å². The van der Waals surface area contributed by atoms with Gasteiger partial charge in [0, 0.05) is 29.7 Å². The first kappa shape index (κ1) is 16.3. The summed E-state index contributed by atoms with van der Waals surface area (Å²) in [6.45, 7) is 5.41. The maximum absolute atomic E-state index is 5.93. The summed E-state index contributed by atoms with van der Waals surface area (Å²) in [4.78, 5) is 3.95. The van der Waals surface area contributed by atoms with E-state index in [9.17, 15) is 0 Å². The van der Waals surface area contributed by atoms with E-state index in [0.717, 1.165) is 23.5 Å². The lowest BCUT2D eigenvalue weighted by atomic mass is 10.1. The van der Waals surface area contributed by atoms with Crippen molar-refractivity contribution in [1.29, 1.82) is 0 Å². The van der Waals surface area contributed by atoms with Gasteiger partial charge in [0.2, 0.25) is 0 Å². The van der Waals surface area contributed by atoms with E-state index in [1.807, 2.05) is 0 Å². The van der Waals surface area contributed by atoms with Crippen LogP contribution < -0.4 is 10.6 Å². The van der Waals surface area contributed by atoms with Crippen LogP contribution in [0.25, 0.3) is 0 Å². The van der Waals surface area contributed by atoms with Crippen LogP contribution in [0.2, 0.25) is 0 Å². The van der Waals surface area contributed by atoms with E-state index in [4.69, 9.17) is 18.0 Å². The molecule has 0 aromatic heterocycles. The molecule has 0 unspecified atom stereocenters. The predicted octanol–water partition coefficient (Wildman–Crippen LogP) is 4.06. The molecule has 0 fully saturated rings. The Morgan fingerprint density at radius 2 is 2.05 bits per heavy atom. The van der Waals surface area contributed by atoms with Crippen LogP contribution in [0.3, 0.4) is 0 Å². The molecular formula is C15H24N2S2. The highest BCUT2D eigenvalue weighted by Crippen LogP contribution is 2.30. The number of nitrogens with two attached hydrogens (primary N) is 1. The van der Waals surface area contributed by atoms with Crippen LogP contribution in [0.5, 0.6) is 0 Å². The minimum absolute atomic E-state index is 0.494. The topological polar surface area (TPSA) is 29.3 Å². The molecule has 2 nitrogen and oxygen atoms in total. The van der Waals surface area contributed by atoms with Gasteiger partial charge in [-0.2, -0.15) is 0 Å². The Balaban J connectivity index is 2.98. The third-order valence-electron chi connectivity index (χ3n) is 3.06. The summed E-state index contributed by atoms with van der Waals surface area (Å²) >= 11 is 7.04. The third-order valence-corrected chi connectivity index (χ3v) is 4.20. The Hall–Kier alpha value is -0.740. The fraction of sp³-hybridized carbons (Fsp3) is 0.533. The first-order valence-electron chi connectivity index (χ1n) is 6.88. The van der Waals surface area contributed by atoms with Gasteiger partial charge in [-0.15, -0.1) is 11.8 Å². The summed E-state index contributed by atoms with van der Waals surface area (Å²) in [6, 6.07) is 6.30. The Bertz CT molecular complexity index is 419. The molecule has 19 heavy (non-hydrogen) atoms. The van der Waals surface area contributed by atoms with Gasteiger partial charge in [-0.3, -0.25) is 0 Å². The average Bonchev–Trinajstić information content (AvgIpc) is 2.38. The van der Waals surface area contributed by atoms with Crippen LogP contribution in [0.1, 0.15) is 38.7 Å². The summed E-state index contributed by atoms with van der Waals surface area (Å²) < 4.78 is 0. The smallest absolute Gasteiger partial charge is 0.107 e. The highest BCUT2D eigenvalue weighted by molar-refractivity contribution is 7.99. The molecule has 1 aromatic rings. The SMILES string of the molecule is CCCCCN(C)c1cccc(SCC)c1C(N)=S.